The smallest absolute Gasteiger partial charge is 0.225 e. The number of hydrogen-bond donors (Lipinski definition) is 1. The summed E-state index contributed by atoms with van der Waals surface area (Å²) in [6.45, 7) is 4.39. The zero-order chi connectivity index (χ0) is 14.4. The zero-order valence-corrected chi connectivity index (χ0v) is 12.7. The summed E-state index contributed by atoms with van der Waals surface area (Å²) in [6, 6.07) is 0.606. The molecule has 0 bridgehead atoms. The van der Waals surface area contributed by atoms with Crippen LogP contribution in [0.2, 0.25) is 0 Å². The second-order valence-corrected chi connectivity index (χ2v) is 5.41. The summed E-state index contributed by atoms with van der Waals surface area (Å²) in [4.78, 5) is 13.5. The highest BCUT2D eigenvalue weighted by Crippen LogP contribution is 2.18. The van der Waals surface area contributed by atoms with Gasteiger partial charge in [0, 0.05) is 57.3 Å². The van der Waals surface area contributed by atoms with Crippen LogP contribution in [0.1, 0.15) is 12.0 Å². The lowest BCUT2D eigenvalue weighted by Crippen LogP contribution is -2.32. The van der Waals surface area contributed by atoms with Gasteiger partial charge in [-0.2, -0.15) is 0 Å². The van der Waals surface area contributed by atoms with Crippen molar-refractivity contribution in [1.82, 2.24) is 20.2 Å². The first-order valence-electron chi connectivity index (χ1n) is 7.12. The zero-order valence-electron chi connectivity index (χ0n) is 12.7. The summed E-state index contributed by atoms with van der Waals surface area (Å²) >= 11 is 0. The van der Waals surface area contributed by atoms with Crippen LogP contribution in [0.4, 0.5) is 5.95 Å². The summed E-state index contributed by atoms with van der Waals surface area (Å²) in [7, 11) is 5.96. The predicted molar refractivity (Wildman–Crippen MR) is 79.9 cm³/mol. The van der Waals surface area contributed by atoms with E-state index in [0.717, 1.165) is 44.3 Å². The van der Waals surface area contributed by atoms with Crippen molar-refractivity contribution in [3.8, 4) is 0 Å². The number of aromatic nitrogens is 2. The van der Waals surface area contributed by atoms with Crippen LogP contribution in [0, 0.1) is 0 Å². The molecule has 0 aromatic carbocycles. The monoisotopic (exact) mass is 279 g/mol. The van der Waals surface area contributed by atoms with Crippen molar-refractivity contribution in [2.45, 2.75) is 19.0 Å². The minimum absolute atomic E-state index is 0.606. The Bertz CT molecular complexity index is 395. The molecule has 2 rings (SSSR count). The SMILES string of the molecule is COCCNCc1cnc(N2CCC(N(C)C)C2)nc1. The summed E-state index contributed by atoms with van der Waals surface area (Å²) < 4.78 is 4.99. The molecule has 1 fully saturated rings. The van der Waals surface area contributed by atoms with Gasteiger partial charge in [-0.1, -0.05) is 0 Å². The second kappa shape index (κ2) is 7.52. The van der Waals surface area contributed by atoms with Crippen molar-refractivity contribution in [1.29, 1.82) is 0 Å². The first kappa shape index (κ1) is 15.2. The van der Waals surface area contributed by atoms with Crippen LogP contribution < -0.4 is 10.2 Å². The molecular weight excluding hydrogens is 254 g/mol. The van der Waals surface area contributed by atoms with Crippen LogP contribution in [0.3, 0.4) is 0 Å². The molecule has 0 saturated carbocycles. The molecule has 1 aliphatic heterocycles. The number of methoxy groups -OCH3 is 1. The summed E-state index contributed by atoms with van der Waals surface area (Å²) in [5.41, 5.74) is 1.10. The molecule has 1 unspecified atom stereocenters. The van der Waals surface area contributed by atoms with Crippen LogP contribution in [0.25, 0.3) is 0 Å². The molecule has 1 aliphatic rings. The third kappa shape index (κ3) is 4.13. The largest absolute Gasteiger partial charge is 0.383 e. The van der Waals surface area contributed by atoms with E-state index in [0.29, 0.717) is 6.04 Å². The van der Waals surface area contributed by atoms with Gasteiger partial charge in [0.25, 0.3) is 0 Å². The van der Waals surface area contributed by atoms with E-state index in [9.17, 15) is 0 Å². The molecule has 112 valence electrons. The van der Waals surface area contributed by atoms with E-state index in [4.69, 9.17) is 4.74 Å². The Hall–Kier alpha value is -1.24. The van der Waals surface area contributed by atoms with Crippen molar-refractivity contribution in [3.05, 3.63) is 18.0 Å². The molecule has 6 nitrogen and oxygen atoms in total. The maximum atomic E-state index is 4.99. The molecule has 1 saturated heterocycles. The van der Waals surface area contributed by atoms with Crippen molar-refractivity contribution >= 4 is 5.95 Å². The van der Waals surface area contributed by atoms with E-state index >= 15 is 0 Å². The molecule has 20 heavy (non-hydrogen) atoms. The molecule has 6 heteroatoms. The molecule has 0 radical (unpaired) electrons. The van der Waals surface area contributed by atoms with Gasteiger partial charge >= 0.3 is 0 Å². The van der Waals surface area contributed by atoms with E-state index in [1.807, 2.05) is 12.4 Å². The highest BCUT2D eigenvalue weighted by Gasteiger charge is 2.25. The maximum Gasteiger partial charge on any atom is 0.225 e. The van der Waals surface area contributed by atoms with Gasteiger partial charge in [0.15, 0.2) is 0 Å². The molecule has 1 aromatic rings. The highest BCUT2D eigenvalue weighted by molar-refractivity contribution is 5.32. The molecular formula is C14H25N5O. The first-order chi connectivity index (χ1) is 9.70. The van der Waals surface area contributed by atoms with Crippen molar-refractivity contribution < 1.29 is 4.74 Å². The van der Waals surface area contributed by atoms with Gasteiger partial charge in [0.05, 0.1) is 6.61 Å². The summed E-state index contributed by atoms with van der Waals surface area (Å²) in [5.74, 6) is 0.843. The topological polar surface area (TPSA) is 53.5 Å². The lowest BCUT2D eigenvalue weighted by atomic mass is 10.2. The standard InChI is InChI=1S/C14H25N5O/c1-18(2)13-4-6-19(11-13)14-16-9-12(10-17-14)8-15-5-7-20-3/h9-10,13,15H,4-8,11H2,1-3H3. The normalized spacial score (nSPS) is 19.0. The first-order valence-corrected chi connectivity index (χ1v) is 7.12. The van der Waals surface area contributed by atoms with Gasteiger partial charge < -0.3 is 19.9 Å². The highest BCUT2D eigenvalue weighted by atomic mass is 16.5. The van der Waals surface area contributed by atoms with E-state index in [1.165, 1.54) is 6.42 Å². The number of likely N-dealkylation sites (N-methyl/N-ethyl adjacent to an activating group) is 1. The fourth-order valence-electron chi connectivity index (χ4n) is 2.35. The third-order valence-electron chi connectivity index (χ3n) is 3.68. The van der Waals surface area contributed by atoms with Gasteiger partial charge in [0.1, 0.15) is 0 Å². The van der Waals surface area contributed by atoms with Gasteiger partial charge in [-0.25, -0.2) is 9.97 Å². The Morgan fingerprint density at radius 2 is 2.15 bits per heavy atom. The number of nitrogens with one attached hydrogen (secondary N) is 1. The molecule has 0 aliphatic carbocycles. The summed E-state index contributed by atoms with van der Waals surface area (Å²) in [6.07, 6.45) is 4.99. The molecule has 2 heterocycles. The molecule has 0 amide bonds. The van der Waals surface area contributed by atoms with Crippen molar-refractivity contribution in [2.75, 3.05) is 52.3 Å². The summed E-state index contributed by atoms with van der Waals surface area (Å²) in [5, 5.41) is 3.29. The number of rotatable bonds is 7. The maximum absolute atomic E-state index is 4.99. The Balaban J connectivity index is 1.82. The Morgan fingerprint density at radius 1 is 1.40 bits per heavy atom. The predicted octanol–water partition coefficient (Wildman–Crippen LogP) is 0.353. The lowest BCUT2D eigenvalue weighted by Gasteiger charge is -2.20. The molecule has 1 atom stereocenters. The number of ether oxygens (including phenoxy) is 1. The molecule has 1 aromatic heterocycles. The van der Waals surface area contributed by atoms with E-state index in [-0.39, 0.29) is 0 Å². The van der Waals surface area contributed by atoms with E-state index < -0.39 is 0 Å². The van der Waals surface area contributed by atoms with Crippen LogP contribution in [0.15, 0.2) is 12.4 Å². The molecule has 1 N–H and O–H groups in total. The van der Waals surface area contributed by atoms with Crippen molar-refractivity contribution in [2.24, 2.45) is 0 Å². The molecule has 0 spiro atoms. The van der Waals surface area contributed by atoms with E-state index in [2.05, 4.69) is 39.2 Å². The van der Waals surface area contributed by atoms with Crippen LogP contribution in [0.5, 0.6) is 0 Å². The average molecular weight is 279 g/mol. The third-order valence-corrected chi connectivity index (χ3v) is 3.68. The van der Waals surface area contributed by atoms with Crippen LogP contribution in [-0.2, 0) is 11.3 Å². The Morgan fingerprint density at radius 3 is 2.75 bits per heavy atom. The quantitative estimate of drug-likeness (QED) is 0.727. The minimum Gasteiger partial charge on any atom is -0.383 e. The fraction of sp³-hybridized carbons (Fsp3) is 0.714. The number of nitrogens with zero attached hydrogens (tertiary/aromatic N) is 4. The Labute approximate surface area is 121 Å². The van der Waals surface area contributed by atoms with Gasteiger partial charge in [-0.3, -0.25) is 0 Å². The van der Waals surface area contributed by atoms with Gasteiger partial charge in [-0.05, 0) is 20.5 Å². The minimum atomic E-state index is 0.606. The number of anilines is 1. The fourth-order valence-corrected chi connectivity index (χ4v) is 2.35. The second-order valence-electron chi connectivity index (χ2n) is 5.41. The van der Waals surface area contributed by atoms with Crippen LogP contribution in [-0.4, -0.2) is 68.4 Å². The van der Waals surface area contributed by atoms with Gasteiger partial charge in [-0.15, -0.1) is 0 Å². The number of hydrogen-bond acceptors (Lipinski definition) is 6. The van der Waals surface area contributed by atoms with Crippen molar-refractivity contribution in [3.63, 3.8) is 0 Å². The van der Waals surface area contributed by atoms with E-state index in [1.54, 1.807) is 7.11 Å². The Kier molecular flexibility index (Phi) is 5.70. The lowest BCUT2D eigenvalue weighted by molar-refractivity contribution is 0.199. The average Bonchev–Trinajstić information content (AvgIpc) is 2.94. The van der Waals surface area contributed by atoms with Crippen LogP contribution >= 0.6 is 0 Å². The van der Waals surface area contributed by atoms with Gasteiger partial charge in [0.2, 0.25) is 5.95 Å².